The first-order valence-electron chi connectivity index (χ1n) is 5.38. The Balaban J connectivity index is 1.87. The van der Waals surface area contributed by atoms with E-state index in [0.717, 1.165) is 5.92 Å². The van der Waals surface area contributed by atoms with Crippen LogP contribution in [0, 0.1) is 17.8 Å². The molecular weight excluding hydrogens is 148 g/mol. The first-order chi connectivity index (χ1) is 5.84. The molecule has 2 aliphatic carbocycles. The zero-order chi connectivity index (χ0) is 8.55. The van der Waals surface area contributed by atoms with Crippen LogP contribution in [0.15, 0.2) is 0 Å². The van der Waals surface area contributed by atoms with Crippen LogP contribution in [0.3, 0.4) is 0 Å². The fourth-order valence-electron chi connectivity index (χ4n) is 2.97. The minimum absolute atomic E-state index is 0.484. The third-order valence-corrected chi connectivity index (χ3v) is 3.69. The van der Waals surface area contributed by atoms with E-state index in [1.807, 2.05) is 0 Å². The van der Waals surface area contributed by atoms with Gasteiger partial charge in [0.2, 0.25) is 0 Å². The topological polar surface area (TPSA) is 17.1 Å². The molecule has 12 heavy (non-hydrogen) atoms. The molecule has 0 amide bonds. The van der Waals surface area contributed by atoms with Crippen LogP contribution in [0.1, 0.15) is 45.4 Å². The third kappa shape index (κ3) is 1.10. The summed E-state index contributed by atoms with van der Waals surface area (Å²) < 4.78 is 0. The maximum absolute atomic E-state index is 11.5. The molecule has 0 bridgehead atoms. The second kappa shape index (κ2) is 3.20. The minimum atomic E-state index is 0.484. The van der Waals surface area contributed by atoms with Gasteiger partial charge in [-0.15, -0.1) is 0 Å². The molecule has 0 aromatic carbocycles. The highest BCUT2D eigenvalue weighted by Gasteiger charge is 2.50. The first kappa shape index (κ1) is 8.28. The SMILES string of the molecule is CCCC[C@H]1C(=O)[C@@H]2CCC[C@H]12. The standard InChI is InChI=1S/C11H18O/c1-2-3-5-9-8-6-4-7-10(8)11(9)12/h8-10H,2-7H2,1H3/t8-,9-,10-/m1/s1. The lowest BCUT2D eigenvalue weighted by Crippen LogP contribution is -2.44. The monoisotopic (exact) mass is 166 g/mol. The van der Waals surface area contributed by atoms with Gasteiger partial charge in [-0.2, -0.15) is 0 Å². The van der Waals surface area contributed by atoms with E-state index < -0.39 is 0 Å². The fourth-order valence-corrected chi connectivity index (χ4v) is 2.97. The summed E-state index contributed by atoms with van der Waals surface area (Å²) in [5.74, 6) is 2.40. The van der Waals surface area contributed by atoms with Gasteiger partial charge in [0, 0.05) is 11.8 Å². The van der Waals surface area contributed by atoms with E-state index in [4.69, 9.17) is 0 Å². The summed E-state index contributed by atoms with van der Waals surface area (Å²) in [6.45, 7) is 2.20. The van der Waals surface area contributed by atoms with E-state index in [-0.39, 0.29) is 0 Å². The van der Waals surface area contributed by atoms with Crippen LogP contribution >= 0.6 is 0 Å². The van der Waals surface area contributed by atoms with Crippen molar-refractivity contribution in [2.45, 2.75) is 45.4 Å². The lowest BCUT2D eigenvalue weighted by molar-refractivity contribution is -0.141. The van der Waals surface area contributed by atoms with Gasteiger partial charge in [0.15, 0.2) is 0 Å². The van der Waals surface area contributed by atoms with Crippen LogP contribution < -0.4 is 0 Å². The number of fused-ring (bicyclic) bond motifs is 1. The Morgan fingerprint density at radius 3 is 3.00 bits per heavy atom. The largest absolute Gasteiger partial charge is 0.299 e. The van der Waals surface area contributed by atoms with Crippen molar-refractivity contribution in [1.82, 2.24) is 0 Å². The molecule has 0 N–H and O–H groups in total. The highest BCUT2D eigenvalue weighted by molar-refractivity contribution is 5.90. The normalized spacial score (nSPS) is 39.4. The van der Waals surface area contributed by atoms with Crippen molar-refractivity contribution in [3.8, 4) is 0 Å². The number of unbranched alkanes of at least 4 members (excludes halogenated alkanes) is 1. The molecule has 2 fully saturated rings. The van der Waals surface area contributed by atoms with E-state index in [1.165, 1.54) is 38.5 Å². The number of hydrogen-bond acceptors (Lipinski definition) is 1. The molecule has 0 spiro atoms. The number of hydrogen-bond donors (Lipinski definition) is 0. The Kier molecular flexibility index (Phi) is 2.20. The molecule has 68 valence electrons. The Labute approximate surface area is 74.5 Å². The molecule has 0 unspecified atom stereocenters. The zero-order valence-corrected chi connectivity index (χ0v) is 7.88. The van der Waals surface area contributed by atoms with E-state index in [1.54, 1.807) is 0 Å². The predicted molar refractivity (Wildman–Crippen MR) is 48.9 cm³/mol. The van der Waals surface area contributed by atoms with Crippen LogP contribution in [-0.4, -0.2) is 5.78 Å². The molecule has 0 aromatic heterocycles. The van der Waals surface area contributed by atoms with Crippen LogP contribution in [0.2, 0.25) is 0 Å². The quantitative estimate of drug-likeness (QED) is 0.630. The molecule has 2 saturated carbocycles. The van der Waals surface area contributed by atoms with Crippen molar-refractivity contribution in [3.63, 3.8) is 0 Å². The van der Waals surface area contributed by atoms with Crippen LogP contribution in [-0.2, 0) is 4.79 Å². The van der Waals surface area contributed by atoms with Gasteiger partial charge < -0.3 is 0 Å². The van der Waals surface area contributed by atoms with Crippen molar-refractivity contribution in [3.05, 3.63) is 0 Å². The van der Waals surface area contributed by atoms with E-state index in [9.17, 15) is 4.79 Å². The molecule has 2 rings (SSSR count). The van der Waals surface area contributed by atoms with Gasteiger partial charge in [-0.05, 0) is 25.2 Å². The molecule has 0 aliphatic heterocycles. The summed E-state index contributed by atoms with van der Waals surface area (Å²) >= 11 is 0. The van der Waals surface area contributed by atoms with E-state index >= 15 is 0 Å². The average molecular weight is 166 g/mol. The minimum Gasteiger partial charge on any atom is -0.299 e. The number of rotatable bonds is 3. The van der Waals surface area contributed by atoms with Crippen LogP contribution in [0.25, 0.3) is 0 Å². The zero-order valence-electron chi connectivity index (χ0n) is 7.88. The van der Waals surface area contributed by atoms with Gasteiger partial charge in [0.1, 0.15) is 5.78 Å². The maximum atomic E-state index is 11.5. The second-order valence-corrected chi connectivity index (χ2v) is 4.35. The summed E-state index contributed by atoms with van der Waals surface area (Å²) in [6.07, 6.45) is 7.51. The van der Waals surface area contributed by atoms with Gasteiger partial charge >= 0.3 is 0 Å². The first-order valence-corrected chi connectivity index (χ1v) is 5.38. The molecule has 1 nitrogen and oxygen atoms in total. The van der Waals surface area contributed by atoms with Crippen molar-refractivity contribution < 1.29 is 4.79 Å². The smallest absolute Gasteiger partial charge is 0.139 e. The summed E-state index contributed by atoms with van der Waals surface area (Å²) in [6, 6.07) is 0. The molecule has 0 heterocycles. The molecular formula is C11H18O. The number of carbonyl (C=O) groups is 1. The summed E-state index contributed by atoms with van der Waals surface area (Å²) in [4.78, 5) is 11.5. The van der Waals surface area contributed by atoms with Crippen molar-refractivity contribution in [2.24, 2.45) is 17.8 Å². The van der Waals surface area contributed by atoms with Gasteiger partial charge in [-0.3, -0.25) is 4.79 Å². The van der Waals surface area contributed by atoms with E-state index in [0.29, 0.717) is 17.6 Å². The number of carbonyl (C=O) groups excluding carboxylic acids is 1. The molecule has 1 heteroatoms. The van der Waals surface area contributed by atoms with Gasteiger partial charge in [0.05, 0.1) is 0 Å². The van der Waals surface area contributed by atoms with Gasteiger partial charge in [-0.1, -0.05) is 26.2 Å². The Hall–Kier alpha value is -0.330. The van der Waals surface area contributed by atoms with Crippen LogP contribution in [0.4, 0.5) is 0 Å². The Bertz CT molecular complexity index is 185. The summed E-state index contributed by atoms with van der Waals surface area (Å²) in [5, 5.41) is 0. The summed E-state index contributed by atoms with van der Waals surface area (Å²) in [7, 11) is 0. The Morgan fingerprint density at radius 1 is 1.42 bits per heavy atom. The average Bonchev–Trinajstić information content (AvgIpc) is 2.49. The lowest BCUT2D eigenvalue weighted by atomic mass is 9.64. The third-order valence-electron chi connectivity index (χ3n) is 3.69. The fraction of sp³-hybridized carbons (Fsp3) is 0.909. The molecule has 0 aromatic rings. The predicted octanol–water partition coefficient (Wildman–Crippen LogP) is 2.79. The van der Waals surface area contributed by atoms with Crippen molar-refractivity contribution >= 4 is 5.78 Å². The number of Topliss-reactive ketones (excluding diaryl/α,β-unsaturated/α-hetero) is 1. The van der Waals surface area contributed by atoms with Gasteiger partial charge in [0.25, 0.3) is 0 Å². The Morgan fingerprint density at radius 2 is 2.25 bits per heavy atom. The van der Waals surface area contributed by atoms with Crippen LogP contribution in [0.5, 0.6) is 0 Å². The highest BCUT2D eigenvalue weighted by atomic mass is 16.1. The summed E-state index contributed by atoms with van der Waals surface area (Å²) in [5.41, 5.74) is 0. The molecule has 2 aliphatic rings. The van der Waals surface area contributed by atoms with Crippen molar-refractivity contribution in [1.29, 1.82) is 0 Å². The molecule has 0 saturated heterocycles. The maximum Gasteiger partial charge on any atom is 0.139 e. The highest BCUT2D eigenvalue weighted by Crippen LogP contribution is 2.50. The van der Waals surface area contributed by atoms with E-state index in [2.05, 4.69) is 6.92 Å². The lowest BCUT2D eigenvalue weighted by Gasteiger charge is -2.38. The van der Waals surface area contributed by atoms with Gasteiger partial charge in [-0.25, -0.2) is 0 Å². The van der Waals surface area contributed by atoms with Crippen molar-refractivity contribution in [2.75, 3.05) is 0 Å². The second-order valence-electron chi connectivity index (χ2n) is 4.35. The molecule has 0 radical (unpaired) electrons. The molecule has 3 atom stereocenters. The number of ketones is 1.